The van der Waals surface area contributed by atoms with Crippen LogP contribution in [0.2, 0.25) is 0 Å². The summed E-state index contributed by atoms with van der Waals surface area (Å²) in [6, 6.07) is 9.73. The number of aromatic nitrogens is 1. The van der Waals surface area contributed by atoms with E-state index in [1.165, 1.54) is 58.2 Å². The first kappa shape index (κ1) is 22.9. The number of hydrogen-bond donors (Lipinski definition) is 0. The number of hydrogen-bond acceptors (Lipinski definition) is 6. The van der Waals surface area contributed by atoms with Crippen LogP contribution in [-0.2, 0) is 6.54 Å². The molecule has 0 amide bonds. The Morgan fingerprint density at radius 2 is 1.76 bits per heavy atom. The number of benzene rings is 1. The monoisotopic (exact) mass is 452 g/mol. The Hall–Kier alpha value is -1.89. The second-order valence-electron chi connectivity index (χ2n) is 10.1. The Morgan fingerprint density at radius 3 is 2.48 bits per heavy atom. The van der Waals surface area contributed by atoms with Crippen LogP contribution < -0.4 is 4.74 Å². The predicted molar refractivity (Wildman–Crippen MR) is 131 cm³/mol. The third kappa shape index (κ3) is 5.97. The molecule has 3 heterocycles. The van der Waals surface area contributed by atoms with Crippen molar-refractivity contribution < 1.29 is 9.15 Å². The van der Waals surface area contributed by atoms with E-state index in [4.69, 9.17) is 14.1 Å². The summed E-state index contributed by atoms with van der Waals surface area (Å²) in [5.74, 6) is 1.62. The van der Waals surface area contributed by atoms with Gasteiger partial charge in [0, 0.05) is 56.9 Å². The Bertz CT molecular complexity index is 853. The van der Waals surface area contributed by atoms with Crippen LogP contribution in [0.1, 0.15) is 57.6 Å². The number of likely N-dealkylation sites (tertiary alicyclic amines) is 1. The van der Waals surface area contributed by atoms with Gasteiger partial charge >= 0.3 is 0 Å². The lowest BCUT2D eigenvalue weighted by molar-refractivity contribution is 0.0929. The molecule has 6 heteroatoms. The molecule has 1 aromatic heterocycles. The van der Waals surface area contributed by atoms with Crippen molar-refractivity contribution >= 4 is 0 Å². The van der Waals surface area contributed by atoms with E-state index in [1.807, 2.05) is 30.5 Å². The van der Waals surface area contributed by atoms with Crippen LogP contribution in [-0.4, -0.2) is 77.6 Å². The molecule has 0 bridgehead atoms. The molecule has 3 fully saturated rings. The normalized spacial score (nSPS) is 23.5. The maximum Gasteiger partial charge on any atom is 0.226 e. The summed E-state index contributed by atoms with van der Waals surface area (Å²) in [4.78, 5) is 12.5. The highest BCUT2D eigenvalue weighted by atomic mass is 16.5. The van der Waals surface area contributed by atoms with Gasteiger partial charge in [-0.1, -0.05) is 12.8 Å². The van der Waals surface area contributed by atoms with Crippen molar-refractivity contribution in [3.8, 4) is 17.2 Å². The van der Waals surface area contributed by atoms with Crippen LogP contribution in [0.25, 0.3) is 11.5 Å². The molecule has 1 saturated carbocycles. The van der Waals surface area contributed by atoms with Crippen molar-refractivity contribution in [2.24, 2.45) is 0 Å². The number of nitrogens with zero attached hydrogens (tertiary/aromatic N) is 4. The highest BCUT2D eigenvalue weighted by Gasteiger charge is 2.26. The lowest BCUT2D eigenvalue weighted by Crippen LogP contribution is -2.49. The Kier molecular flexibility index (Phi) is 7.64. The van der Waals surface area contributed by atoms with E-state index in [9.17, 15) is 0 Å². The summed E-state index contributed by atoms with van der Waals surface area (Å²) in [7, 11) is 0. The van der Waals surface area contributed by atoms with Gasteiger partial charge in [-0.25, -0.2) is 4.98 Å². The first-order valence-electron chi connectivity index (χ1n) is 13.1. The van der Waals surface area contributed by atoms with Crippen molar-refractivity contribution in [2.45, 2.75) is 70.5 Å². The summed E-state index contributed by atoms with van der Waals surface area (Å²) in [6.07, 6.45) is 11.2. The van der Waals surface area contributed by atoms with Crippen molar-refractivity contribution in [3.63, 3.8) is 0 Å². The van der Waals surface area contributed by atoms with Gasteiger partial charge in [0.15, 0.2) is 0 Å². The van der Waals surface area contributed by atoms with E-state index >= 15 is 0 Å². The number of rotatable bonds is 9. The van der Waals surface area contributed by atoms with E-state index in [0.29, 0.717) is 5.89 Å². The van der Waals surface area contributed by atoms with E-state index in [0.717, 1.165) is 68.3 Å². The molecule has 180 valence electrons. The van der Waals surface area contributed by atoms with Gasteiger partial charge in [0.2, 0.25) is 5.89 Å². The van der Waals surface area contributed by atoms with E-state index in [1.54, 1.807) is 0 Å². The predicted octanol–water partition coefficient (Wildman–Crippen LogP) is 4.66. The molecule has 1 unspecified atom stereocenters. The van der Waals surface area contributed by atoms with Gasteiger partial charge in [0.25, 0.3) is 0 Å². The maximum atomic E-state index is 5.95. The first-order chi connectivity index (χ1) is 16.2. The Balaban J connectivity index is 1.05. The van der Waals surface area contributed by atoms with Gasteiger partial charge < -0.3 is 14.1 Å². The molecule has 2 aliphatic heterocycles. The minimum absolute atomic E-state index is 0.698. The van der Waals surface area contributed by atoms with Gasteiger partial charge in [-0.2, -0.15) is 0 Å². The van der Waals surface area contributed by atoms with Gasteiger partial charge in [0.05, 0.1) is 12.3 Å². The van der Waals surface area contributed by atoms with E-state index in [-0.39, 0.29) is 0 Å². The average molecular weight is 453 g/mol. The molecule has 2 aromatic rings. The van der Waals surface area contributed by atoms with Crippen LogP contribution in [0.3, 0.4) is 0 Å². The summed E-state index contributed by atoms with van der Waals surface area (Å²) in [5.41, 5.74) is 2.03. The van der Waals surface area contributed by atoms with Crippen LogP contribution in [0.15, 0.2) is 34.9 Å². The van der Waals surface area contributed by atoms with Crippen molar-refractivity contribution in [1.82, 2.24) is 19.7 Å². The molecule has 1 atom stereocenters. The zero-order chi connectivity index (χ0) is 22.5. The second kappa shape index (κ2) is 11.0. The summed E-state index contributed by atoms with van der Waals surface area (Å²) in [5, 5.41) is 0. The highest BCUT2D eigenvalue weighted by molar-refractivity contribution is 5.54. The lowest BCUT2D eigenvalue weighted by Gasteiger charge is -2.37. The first-order valence-corrected chi connectivity index (χ1v) is 13.1. The molecule has 2 saturated heterocycles. The third-order valence-corrected chi connectivity index (χ3v) is 7.84. The SMILES string of the molecule is CC1CCCN1CCCOc1ccc(-c2nc(CN3CCN(C4CCCC4)CC3)co2)cc1. The van der Waals surface area contributed by atoms with Gasteiger partial charge in [-0.05, 0) is 69.8 Å². The topological polar surface area (TPSA) is 45.0 Å². The fraction of sp³-hybridized carbons (Fsp3) is 0.667. The third-order valence-electron chi connectivity index (χ3n) is 7.84. The molecular formula is C27H40N4O2. The lowest BCUT2D eigenvalue weighted by atomic mass is 10.2. The molecule has 5 rings (SSSR count). The standard InChI is InChI=1S/C27H40N4O2/c1-22-6-4-13-30(22)14-5-19-32-26-11-9-23(10-12-26)27-28-24(21-33-27)20-29-15-17-31(18-16-29)25-7-2-3-8-25/h9-12,21-22,25H,2-8,13-20H2,1H3. The molecule has 0 radical (unpaired) electrons. The molecule has 6 nitrogen and oxygen atoms in total. The molecule has 3 aliphatic rings. The van der Waals surface area contributed by atoms with E-state index in [2.05, 4.69) is 21.6 Å². The van der Waals surface area contributed by atoms with Crippen LogP contribution in [0, 0.1) is 0 Å². The average Bonchev–Trinajstić information content (AvgIpc) is 3.61. The van der Waals surface area contributed by atoms with Crippen molar-refractivity contribution in [2.75, 3.05) is 45.9 Å². The summed E-state index contributed by atoms with van der Waals surface area (Å²) in [6.45, 7) is 11.0. The molecule has 1 aromatic carbocycles. The van der Waals surface area contributed by atoms with Crippen molar-refractivity contribution in [3.05, 3.63) is 36.2 Å². The quantitative estimate of drug-likeness (QED) is 0.516. The molecule has 0 N–H and O–H groups in total. The van der Waals surface area contributed by atoms with Gasteiger partial charge in [-0.3, -0.25) is 9.80 Å². The summed E-state index contributed by atoms with van der Waals surface area (Å²) >= 11 is 0. The minimum atomic E-state index is 0.698. The van der Waals surface area contributed by atoms with Crippen LogP contribution >= 0.6 is 0 Å². The minimum Gasteiger partial charge on any atom is -0.494 e. The number of piperazine rings is 1. The maximum absolute atomic E-state index is 5.95. The molecule has 33 heavy (non-hydrogen) atoms. The number of oxazole rings is 1. The smallest absolute Gasteiger partial charge is 0.226 e. The van der Waals surface area contributed by atoms with E-state index < -0.39 is 0 Å². The number of ether oxygens (including phenoxy) is 1. The van der Waals surface area contributed by atoms with Crippen LogP contribution in [0.5, 0.6) is 5.75 Å². The van der Waals surface area contributed by atoms with Gasteiger partial charge in [-0.15, -0.1) is 0 Å². The van der Waals surface area contributed by atoms with Crippen molar-refractivity contribution in [1.29, 1.82) is 0 Å². The zero-order valence-electron chi connectivity index (χ0n) is 20.3. The Labute approximate surface area is 198 Å². The second-order valence-corrected chi connectivity index (χ2v) is 10.1. The van der Waals surface area contributed by atoms with Crippen LogP contribution in [0.4, 0.5) is 0 Å². The molecule has 1 aliphatic carbocycles. The highest BCUT2D eigenvalue weighted by Crippen LogP contribution is 2.26. The largest absolute Gasteiger partial charge is 0.494 e. The fourth-order valence-corrected chi connectivity index (χ4v) is 5.77. The zero-order valence-corrected chi connectivity index (χ0v) is 20.3. The Morgan fingerprint density at radius 1 is 0.970 bits per heavy atom. The molecular weight excluding hydrogens is 412 g/mol. The summed E-state index contributed by atoms with van der Waals surface area (Å²) < 4.78 is 11.8. The molecule has 0 spiro atoms. The van der Waals surface area contributed by atoms with Gasteiger partial charge in [0.1, 0.15) is 12.0 Å². The fourth-order valence-electron chi connectivity index (χ4n) is 5.77.